The lowest BCUT2D eigenvalue weighted by Crippen LogP contribution is -2.20. The van der Waals surface area contributed by atoms with E-state index in [4.69, 9.17) is 18.0 Å². The SMILES string of the molecule is Cc1cc(C)c(C)c(NC(N)=S)c1C. The van der Waals surface area contributed by atoms with Crippen molar-refractivity contribution in [1.82, 2.24) is 0 Å². The summed E-state index contributed by atoms with van der Waals surface area (Å²) in [5, 5.41) is 3.35. The van der Waals surface area contributed by atoms with Crippen LogP contribution in [0.5, 0.6) is 0 Å². The largest absolute Gasteiger partial charge is 0.376 e. The van der Waals surface area contributed by atoms with E-state index in [-0.39, 0.29) is 0 Å². The summed E-state index contributed by atoms with van der Waals surface area (Å²) in [5.74, 6) is 0. The number of nitrogens with two attached hydrogens (primary N) is 1. The lowest BCUT2D eigenvalue weighted by atomic mass is 9.99. The van der Waals surface area contributed by atoms with Crippen LogP contribution in [0, 0.1) is 27.7 Å². The van der Waals surface area contributed by atoms with Gasteiger partial charge in [-0.25, -0.2) is 0 Å². The fourth-order valence-electron chi connectivity index (χ4n) is 1.53. The highest BCUT2D eigenvalue weighted by molar-refractivity contribution is 7.80. The number of hydrogen-bond donors (Lipinski definition) is 2. The molecule has 0 saturated heterocycles. The molecule has 76 valence electrons. The monoisotopic (exact) mass is 208 g/mol. The molecule has 0 aliphatic carbocycles. The Morgan fingerprint density at radius 3 is 1.93 bits per heavy atom. The fourth-order valence-corrected chi connectivity index (χ4v) is 1.63. The third-order valence-electron chi connectivity index (χ3n) is 2.61. The first-order chi connectivity index (χ1) is 6.43. The molecule has 0 saturated carbocycles. The molecule has 0 bridgehead atoms. The normalized spacial score (nSPS) is 10.0. The summed E-state index contributed by atoms with van der Waals surface area (Å²) >= 11 is 4.85. The zero-order valence-corrected chi connectivity index (χ0v) is 9.88. The standard InChI is InChI=1S/C11H16N2S/c1-6-5-7(2)9(4)10(8(6)3)13-11(12)14/h5H,1-4H3,(H3,12,13,14). The third kappa shape index (κ3) is 2.04. The Morgan fingerprint density at radius 2 is 1.57 bits per heavy atom. The highest BCUT2D eigenvalue weighted by Gasteiger charge is 2.08. The Morgan fingerprint density at radius 1 is 1.14 bits per heavy atom. The quantitative estimate of drug-likeness (QED) is 0.697. The first kappa shape index (κ1) is 11.0. The number of hydrogen-bond acceptors (Lipinski definition) is 1. The van der Waals surface area contributed by atoms with E-state index in [1.807, 2.05) is 0 Å². The van der Waals surface area contributed by atoms with Crippen LogP contribution in [0.25, 0.3) is 0 Å². The van der Waals surface area contributed by atoms with Gasteiger partial charge in [0.15, 0.2) is 5.11 Å². The molecule has 1 aromatic carbocycles. The smallest absolute Gasteiger partial charge is 0.168 e. The van der Waals surface area contributed by atoms with Gasteiger partial charge in [-0.1, -0.05) is 6.07 Å². The van der Waals surface area contributed by atoms with Gasteiger partial charge in [0.05, 0.1) is 0 Å². The van der Waals surface area contributed by atoms with Gasteiger partial charge >= 0.3 is 0 Å². The number of nitrogens with one attached hydrogen (secondary N) is 1. The molecule has 0 amide bonds. The minimum Gasteiger partial charge on any atom is -0.376 e. The molecular weight excluding hydrogens is 192 g/mol. The van der Waals surface area contributed by atoms with Crippen LogP contribution in [0.1, 0.15) is 22.3 Å². The molecule has 0 aliphatic rings. The van der Waals surface area contributed by atoms with E-state index in [0.717, 1.165) is 5.69 Å². The second kappa shape index (κ2) is 3.96. The molecule has 3 N–H and O–H groups in total. The van der Waals surface area contributed by atoms with Crippen molar-refractivity contribution >= 4 is 23.0 Å². The summed E-state index contributed by atoms with van der Waals surface area (Å²) in [4.78, 5) is 0. The third-order valence-corrected chi connectivity index (χ3v) is 2.72. The van der Waals surface area contributed by atoms with E-state index in [2.05, 4.69) is 39.1 Å². The molecule has 0 unspecified atom stereocenters. The van der Waals surface area contributed by atoms with Crippen molar-refractivity contribution < 1.29 is 0 Å². The van der Waals surface area contributed by atoms with Crippen molar-refractivity contribution in [3.8, 4) is 0 Å². The van der Waals surface area contributed by atoms with Crippen LogP contribution in [-0.2, 0) is 0 Å². The zero-order chi connectivity index (χ0) is 10.9. The van der Waals surface area contributed by atoms with Crippen LogP contribution in [0.15, 0.2) is 6.07 Å². The van der Waals surface area contributed by atoms with E-state index < -0.39 is 0 Å². The number of anilines is 1. The predicted molar refractivity (Wildman–Crippen MR) is 65.8 cm³/mol. The molecule has 0 atom stereocenters. The van der Waals surface area contributed by atoms with Crippen LogP contribution >= 0.6 is 12.2 Å². The van der Waals surface area contributed by atoms with E-state index in [1.165, 1.54) is 22.3 Å². The molecule has 0 fully saturated rings. The Hall–Kier alpha value is -1.09. The van der Waals surface area contributed by atoms with Crippen molar-refractivity contribution in [1.29, 1.82) is 0 Å². The Balaban J connectivity index is 3.31. The average molecular weight is 208 g/mol. The summed E-state index contributed by atoms with van der Waals surface area (Å²) in [6, 6.07) is 2.18. The predicted octanol–water partition coefficient (Wildman–Crippen LogP) is 2.58. The molecule has 0 radical (unpaired) electrons. The highest BCUT2D eigenvalue weighted by atomic mass is 32.1. The van der Waals surface area contributed by atoms with Crippen LogP contribution in [0.2, 0.25) is 0 Å². The molecule has 2 nitrogen and oxygen atoms in total. The molecular formula is C11H16N2S. The van der Waals surface area contributed by atoms with Gasteiger partial charge in [-0.2, -0.15) is 0 Å². The van der Waals surface area contributed by atoms with Crippen molar-refractivity contribution in [2.24, 2.45) is 5.73 Å². The number of aryl methyl sites for hydroxylation is 2. The fraction of sp³-hybridized carbons (Fsp3) is 0.364. The van der Waals surface area contributed by atoms with Gasteiger partial charge in [-0.15, -0.1) is 0 Å². The number of rotatable bonds is 1. The maximum absolute atomic E-state index is 5.48. The Kier molecular flexibility index (Phi) is 3.11. The molecule has 0 aromatic heterocycles. The van der Waals surface area contributed by atoms with Crippen LogP contribution in [0.3, 0.4) is 0 Å². The second-order valence-electron chi connectivity index (χ2n) is 3.62. The van der Waals surface area contributed by atoms with E-state index in [1.54, 1.807) is 0 Å². The summed E-state index contributed by atoms with van der Waals surface area (Å²) < 4.78 is 0. The number of thiocarbonyl (C=S) groups is 1. The molecule has 1 aromatic rings. The van der Waals surface area contributed by atoms with Gasteiger partial charge in [-0.3, -0.25) is 0 Å². The van der Waals surface area contributed by atoms with Crippen molar-refractivity contribution in [2.75, 3.05) is 5.32 Å². The average Bonchev–Trinajstić information content (AvgIpc) is 2.09. The topological polar surface area (TPSA) is 38.0 Å². The molecule has 1 rings (SSSR count). The van der Waals surface area contributed by atoms with E-state index in [0.29, 0.717) is 5.11 Å². The summed E-state index contributed by atoms with van der Waals surface area (Å²) in [6.45, 7) is 8.32. The maximum Gasteiger partial charge on any atom is 0.168 e. The molecule has 3 heteroatoms. The zero-order valence-electron chi connectivity index (χ0n) is 9.06. The van der Waals surface area contributed by atoms with Gasteiger partial charge in [0.2, 0.25) is 0 Å². The lowest BCUT2D eigenvalue weighted by molar-refractivity contribution is 1.24. The Bertz CT molecular complexity index is 357. The molecule has 0 spiro atoms. The van der Waals surface area contributed by atoms with Gasteiger partial charge in [0.1, 0.15) is 0 Å². The number of benzene rings is 1. The Labute approximate surface area is 90.5 Å². The van der Waals surface area contributed by atoms with Gasteiger partial charge in [0, 0.05) is 5.69 Å². The van der Waals surface area contributed by atoms with E-state index >= 15 is 0 Å². The van der Waals surface area contributed by atoms with Crippen molar-refractivity contribution in [3.63, 3.8) is 0 Å². The van der Waals surface area contributed by atoms with Gasteiger partial charge < -0.3 is 11.1 Å². The lowest BCUT2D eigenvalue weighted by Gasteiger charge is -2.15. The molecule has 14 heavy (non-hydrogen) atoms. The van der Waals surface area contributed by atoms with Crippen LogP contribution in [0.4, 0.5) is 5.69 Å². The summed E-state index contributed by atoms with van der Waals surface area (Å²) in [5.41, 5.74) is 11.5. The van der Waals surface area contributed by atoms with Crippen LogP contribution < -0.4 is 11.1 Å². The van der Waals surface area contributed by atoms with Crippen molar-refractivity contribution in [2.45, 2.75) is 27.7 Å². The van der Waals surface area contributed by atoms with Crippen molar-refractivity contribution in [3.05, 3.63) is 28.3 Å². The van der Waals surface area contributed by atoms with Gasteiger partial charge in [0.25, 0.3) is 0 Å². The second-order valence-corrected chi connectivity index (χ2v) is 4.06. The highest BCUT2D eigenvalue weighted by Crippen LogP contribution is 2.26. The first-order valence-electron chi connectivity index (χ1n) is 4.57. The minimum absolute atomic E-state index is 0.321. The van der Waals surface area contributed by atoms with E-state index in [9.17, 15) is 0 Å². The summed E-state index contributed by atoms with van der Waals surface area (Å²) in [7, 11) is 0. The maximum atomic E-state index is 5.48. The minimum atomic E-state index is 0.321. The molecule has 0 heterocycles. The van der Waals surface area contributed by atoms with Gasteiger partial charge in [-0.05, 0) is 62.2 Å². The first-order valence-corrected chi connectivity index (χ1v) is 4.98. The van der Waals surface area contributed by atoms with Crippen LogP contribution in [-0.4, -0.2) is 5.11 Å². The summed E-state index contributed by atoms with van der Waals surface area (Å²) in [6.07, 6.45) is 0. The molecule has 0 aliphatic heterocycles.